The van der Waals surface area contributed by atoms with Crippen molar-refractivity contribution in [1.82, 2.24) is 0 Å². The van der Waals surface area contributed by atoms with Gasteiger partial charge in [-0.25, -0.2) is 0 Å². The molecule has 0 aromatic heterocycles. The molecule has 0 rings (SSSR count). The Labute approximate surface area is 102 Å². The summed E-state index contributed by atoms with van der Waals surface area (Å²) in [7, 11) is 0. The van der Waals surface area contributed by atoms with Gasteiger partial charge in [0.05, 0.1) is 0 Å². The van der Waals surface area contributed by atoms with Gasteiger partial charge in [0, 0.05) is 39.4 Å². The van der Waals surface area contributed by atoms with Crippen molar-refractivity contribution in [1.29, 1.82) is 0 Å². The molecule has 0 bridgehead atoms. The molecule has 0 unspecified atom stereocenters. The molecule has 0 saturated heterocycles. The molecule has 0 atom stereocenters. The molecule has 2 radical (unpaired) electrons. The SMILES string of the molecule is O.S.[Ag].[Cu].[GaH3].[InH3]. The fraction of sp³-hybridized carbons (Fsp3) is 0. The molecule has 0 spiro atoms. The quantitative estimate of drug-likeness (QED) is 0.377. The second-order valence-electron chi connectivity index (χ2n) is 0. The third-order valence-corrected chi connectivity index (χ3v) is 0. The van der Waals surface area contributed by atoms with Crippen molar-refractivity contribution in [2.75, 3.05) is 0 Å². The maximum atomic E-state index is 0. The van der Waals surface area contributed by atoms with Crippen LogP contribution in [0.15, 0.2) is 0 Å². The van der Waals surface area contributed by atoms with E-state index in [2.05, 4.69) is 0 Å². The van der Waals surface area contributed by atoms with Gasteiger partial charge in [-0.1, -0.05) is 0 Å². The Balaban J connectivity index is 0. The summed E-state index contributed by atoms with van der Waals surface area (Å²) in [4.78, 5) is 0. The first-order valence-electron chi connectivity index (χ1n) is 0. The van der Waals surface area contributed by atoms with Gasteiger partial charge in [-0.05, 0) is 0 Å². The molecule has 6 heteroatoms. The maximum absolute atomic E-state index is 0. The van der Waals surface area contributed by atoms with Crippen molar-refractivity contribution < 1.29 is 44.9 Å². The Morgan fingerprint density at radius 3 is 1.00 bits per heavy atom. The fourth-order valence-corrected chi connectivity index (χ4v) is 0. The predicted octanol–water partition coefficient (Wildman–Crippen LogP) is -3.08. The molecule has 6 heavy (non-hydrogen) atoms. The van der Waals surface area contributed by atoms with E-state index in [0.29, 0.717) is 0 Å². The van der Waals surface area contributed by atoms with Crippen molar-refractivity contribution in [2.45, 2.75) is 0 Å². The molecular formula is H10AgCuGaInOS. The van der Waals surface area contributed by atoms with Crippen molar-refractivity contribution in [3.63, 3.8) is 0 Å². The zero-order valence-electron chi connectivity index (χ0n) is 1.60. The number of hydrogen-bond donors (Lipinski definition) is 0. The minimum absolute atomic E-state index is 0. The summed E-state index contributed by atoms with van der Waals surface area (Å²) in [5.41, 5.74) is 0. The molecule has 0 heterocycles. The van der Waals surface area contributed by atoms with Crippen LogP contribution in [0.1, 0.15) is 0 Å². The fourth-order valence-electron chi connectivity index (χ4n) is 0. The summed E-state index contributed by atoms with van der Waals surface area (Å²) >= 11 is 0. The van der Waals surface area contributed by atoms with Crippen LogP contribution in [-0.4, -0.2) is 51.1 Å². The van der Waals surface area contributed by atoms with Crippen LogP contribution in [0.4, 0.5) is 0 Å². The second kappa shape index (κ2) is 42.7. The summed E-state index contributed by atoms with van der Waals surface area (Å²) in [6.07, 6.45) is 0. The molecule has 50 valence electrons. The van der Waals surface area contributed by atoms with Crippen molar-refractivity contribution in [2.24, 2.45) is 0 Å². The van der Waals surface area contributed by atoms with E-state index >= 15 is 0 Å². The van der Waals surface area contributed by atoms with Gasteiger partial charge in [0.2, 0.25) is 0 Å². The first-order valence-corrected chi connectivity index (χ1v) is 0. The Morgan fingerprint density at radius 1 is 1.00 bits per heavy atom. The average Bonchev–Trinajstić information content (AvgIpc) is 0. The summed E-state index contributed by atoms with van der Waals surface area (Å²) in [6.45, 7) is 0. The molecule has 0 aromatic rings. The molecule has 1 nitrogen and oxygen atoms in total. The Morgan fingerprint density at radius 2 is 1.00 bits per heavy atom. The van der Waals surface area contributed by atoms with Crippen LogP contribution in [0.2, 0.25) is 0 Å². The van der Waals surface area contributed by atoms with Crippen LogP contribution in [0, 0.1) is 0 Å². The predicted molar refractivity (Wildman–Crippen MR) is 33.9 cm³/mol. The Bertz CT molecular complexity index is 15.5. The van der Waals surface area contributed by atoms with Crippen LogP contribution in [0.3, 0.4) is 0 Å². The van der Waals surface area contributed by atoms with Gasteiger partial charge in [-0.2, -0.15) is 13.5 Å². The molecule has 0 aliphatic rings. The summed E-state index contributed by atoms with van der Waals surface area (Å²) in [6, 6.07) is 0. The molecule has 0 aliphatic heterocycles. The third kappa shape index (κ3) is 27.6. The van der Waals surface area contributed by atoms with Gasteiger partial charge in [-0.15, -0.1) is 0 Å². The monoisotopic (exact) mass is 412 g/mol. The van der Waals surface area contributed by atoms with Crippen molar-refractivity contribution in [3.8, 4) is 0 Å². The Kier molecular flexibility index (Phi) is 446. The van der Waals surface area contributed by atoms with Gasteiger partial charge in [0.1, 0.15) is 0 Å². The van der Waals surface area contributed by atoms with Crippen molar-refractivity contribution in [3.05, 3.63) is 0 Å². The molecule has 0 aromatic carbocycles. The van der Waals surface area contributed by atoms with E-state index in [1.807, 2.05) is 0 Å². The van der Waals surface area contributed by atoms with E-state index in [0.717, 1.165) is 0 Å². The van der Waals surface area contributed by atoms with E-state index in [1.54, 1.807) is 0 Å². The number of rotatable bonds is 0. The molecule has 0 saturated carbocycles. The van der Waals surface area contributed by atoms with Crippen LogP contribution < -0.4 is 0 Å². The van der Waals surface area contributed by atoms with Crippen LogP contribution >= 0.6 is 13.5 Å². The van der Waals surface area contributed by atoms with E-state index in [1.165, 1.54) is 0 Å². The summed E-state index contributed by atoms with van der Waals surface area (Å²) in [5, 5.41) is 0. The van der Waals surface area contributed by atoms with Crippen molar-refractivity contribution >= 4 is 59.1 Å². The minimum atomic E-state index is 0. The summed E-state index contributed by atoms with van der Waals surface area (Å²) < 4.78 is 0. The topological polar surface area (TPSA) is 31.5 Å². The van der Waals surface area contributed by atoms with E-state index in [-0.39, 0.29) is 104 Å². The first kappa shape index (κ1) is 62.6. The van der Waals surface area contributed by atoms with E-state index in [4.69, 9.17) is 0 Å². The van der Waals surface area contributed by atoms with Crippen LogP contribution in [-0.2, 0) is 39.4 Å². The Hall–Kier alpha value is 3.08. The third-order valence-electron chi connectivity index (χ3n) is 0. The number of hydrogen-bond acceptors (Lipinski definition) is 0. The first-order chi connectivity index (χ1) is 0. The molecule has 0 amide bonds. The zero-order valence-corrected chi connectivity index (χ0v) is 5.03. The van der Waals surface area contributed by atoms with Gasteiger partial charge in [0.15, 0.2) is 0 Å². The molecule has 2 N–H and O–H groups in total. The van der Waals surface area contributed by atoms with Gasteiger partial charge in [-0.3, -0.25) is 0 Å². The summed E-state index contributed by atoms with van der Waals surface area (Å²) in [5.74, 6) is 0. The molecule has 0 fully saturated rings. The van der Waals surface area contributed by atoms with Gasteiger partial charge >= 0.3 is 45.6 Å². The second-order valence-corrected chi connectivity index (χ2v) is 0. The standard InChI is InChI=1S/Ag.Cu.Ga.In.H2O.H2S.6H/h;;;;2*1H2;;;;;;. The normalized spacial score (nSPS) is 0. The van der Waals surface area contributed by atoms with Crippen LogP contribution in [0.25, 0.3) is 0 Å². The van der Waals surface area contributed by atoms with E-state index < -0.39 is 0 Å². The zero-order chi connectivity index (χ0) is 0. The van der Waals surface area contributed by atoms with Gasteiger partial charge in [0.25, 0.3) is 0 Å². The van der Waals surface area contributed by atoms with Crippen LogP contribution in [0.5, 0.6) is 0 Å². The molecular weight excluding hydrogens is 404 g/mol. The average molecular weight is 414 g/mol. The molecule has 0 aliphatic carbocycles. The van der Waals surface area contributed by atoms with E-state index in [9.17, 15) is 0 Å². The van der Waals surface area contributed by atoms with Gasteiger partial charge < -0.3 is 5.48 Å².